The maximum absolute atomic E-state index is 12.1. The fraction of sp³-hybridized carbons (Fsp3) is 0.636. The first-order valence-corrected chi connectivity index (χ1v) is 13.9. The lowest BCUT2D eigenvalue weighted by Crippen LogP contribution is -2.56. The Morgan fingerprint density at radius 2 is 1.65 bits per heavy atom. The van der Waals surface area contributed by atoms with Crippen LogP contribution in [0.1, 0.15) is 63.0 Å². The molecule has 0 spiro atoms. The number of hydrogen-bond donors (Lipinski definition) is 5. The third-order valence-electron chi connectivity index (χ3n) is 6.95. The molecule has 0 aromatic carbocycles. The van der Waals surface area contributed by atoms with Gasteiger partial charge in [-0.05, 0) is 44.6 Å². The van der Waals surface area contributed by atoms with Crippen LogP contribution in [0.4, 0.5) is 22.4 Å². The SMILES string of the molecule is O=C(NC1CCC(Nc2nccc(Nc3cc(C4CCCC4)[nH]n3)n2)CC1)NC1CS(=O)(=O)C1. The topological polar surface area (TPSA) is 154 Å². The molecule has 12 heteroatoms. The van der Waals surface area contributed by atoms with Crippen molar-refractivity contribution < 1.29 is 13.2 Å². The average molecular weight is 489 g/mol. The summed E-state index contributed by atoms with van der Waals surface area (Å²) in [4.78, 5) is 21.0. The van der Waals surface area contributed by atoms with Gasteiger partial charge in [-0.15, -0.1) is 0 Å². The minimum absolute atomic E-state index is 0.0346. The van der Waals surface area contributed by atoms with Crippen LogP contribution in [0, 0.1) is 0 Å². The van der Waals surface area contributed by atoms with E-state index in [-0.39, 0.29) is 35.7 Å². The lowest BCUT2D eigenvalue weighted by molar-refractivity contribution is 0.229. The van der Waals surface area contributed by atoms with Crippen LogP contribution in [-0.2, 0) is 9.84 Å². The van der Waals surface area contributed by atoms with E-state index in [0.717, 1.165) is 31.5 Å². The minimum Gasteiger partial charge on any atom is -0.351 e. The van der Waals surface area contributed by atoms with Crippen molar-refractivity contribution in [3.8, 4) is 0 Å². The van der Waals surface area contributed by atoms with E-state index < -0.39 is 9.84 Å². The molecule has 3 aliphatic rings. The monoisotopic (exact) mass is 488 g/mol. The lowest BCUT2D eigenvalue weighted by Gasteiger charge is -2.31. The van der Waals surface area contributed by atoms with Gasteiger partial charge in [0.15, 0.2) is 15.7 Å². The quantitative estimate of drug-likeness (QED) is 0.398. The molecule has 1 saturated heterocycles. The van der Waals surface area contributed by atoms with E-state index in [2.05, 4.69) is 47.5 Å². The van der Waals surface area contributed by atoms with Crippen LogP contribution in [0.5, 0.6) is 0 Å². The molecule has 34 heavy (non-hydrogen) atoms. The Kier molecular flexibility index (Phi) is 6.57. The fourth-order valence-electron chi connectivity index (χ4n) is 5.10. The standard InChI is InChI=1S/C22H32N8O3S/c31-22(26-17-12-34(32,33)13-17)25-16-7-5-15(6-8-16)24-21-23-10-9-19(28-21)27-20-11-18(29-30-20)14-3-1-2-4-14/h9-11,14-17H,1-8,12-13H2,(H2,25,26,31)(H3,23,24,27,28,29,30). The van der Waals surface area contributed by atoms with E-state index in [4.69, 9.17) is 0 Å². The Balaban J connectivity index is 1.07. The van der Waals surface area contributed by atoms with Crippen molar-refractivity contribution in [3.63, 3.8) is 0 Å². The summed E-state index contributed by atoms with van der Waals surface area (Å²) in [7, 11) is -2.94. The predicted octanol–water partition coefficient (Wildman–Crippen LogP) is 2.42. The molecule has 2 aromatic heterocycles. The summed E-state index contributed by atoms with van der Waals surface area (Å²) < 4.78 is 22.4. The highest BCUT2D eigenvalue weighted by molar-refractivity contribution is 7.92. The van der Waals surface area contributed by atoms with Gasteiger partial charge < -0.3 is 21.3 Å². The molecule has 11 nitrogen and oxygen atoms in total. The van der Waals surface area contributed by atoms with Crippen molar-refractivity contribution in [2.24, 2.45) is 0 Å². The molecule has 3 fully saturated rings. The highest BCUT2D eigenvalue weighted by Crippen LogP contribution is 2.34. The summed E-state index contributed by atoms with van der Waals surface area (Å²) in [6.07, 6.45) is 10.2. The van der Waals surface area contributed by atoms with Crippen LogP contribution >= 0.6 is 0 Å². The Morgan fingerprint density at radius 1 is 0.941 bits per heavy atom. The van der Waals surface area contributed by atoms with Gasteiger partial charge in [-0.1, -0.05) is 12.8 Å². The summed E-state index contributed by atoms with van der Waals surface area (Å²) in [5.74, 6) is 2.66. The highest BCUT2D eigenvalue weighted by Gasteiger charge is 2.34. The molecule has 184 valence electrons. The second kappa shape index (κ2) is 9.77. The molecule has 2 aliphatic carbocycles. The Labute approximate surface area is 199 Å². The zero-order valence-corrected chi connectivity index (χ0v) is 19.9. The number of hydrogen-bond acceptors (Lipinski definition) is 8. The third-order valence-corrected chi connectivity index (χ3v) is 8.77. The summed E-state index contributed by atoms with van der Waals surface area (Å²) in [6.45, 7) is 0. The largest absolute Gasteiger partial charge is 0.351 e. The molecule has 2 aromatic rings. The zero-order chi connectivity index (χ0) is 23.5. The molecule has 5 N–H and O–H groups in total. The van der Waals surface area contributed by atoms with Gasteiger partial charge in [-0.25, -0.2) is 18.2 Å². The van der Waals surface area contributed by atoms with Crippen LogP contribution in [0.3, 0.4) is 0 Å². The van der Waals surface area contributed by atoms with Crippen molar-refractivity contribution >= 4 is 33.5 Å². The number of anilines is 3. The predicted molar refractivity (Wildman–Crippen MR) is 129 cm³/mol. The van der Waals surface area contributed by atoms with Gasteiger partial charge >= 0.3 is 6.03 Å². The van der Waals surface area contributed by atoms with Gasteiger partial charge in [-0.3, -0.25) is 5.10 Å². The van der Waals surface area contributed by atoms with Crippen molar-refractivity contribution in [1.82, 2.24) is 30.8 Å². The number of rotatable bonds is 7. The van der Waals surface area contributed by atoms with Gasteiger partial charge in [0.2, 0.25) is 5.95 Å². The zero-order valence-electron chi connectivity index (χ0n) is 19.1. The van der Waals surface area contributed by atoms with Gasteiger partial charge in [0, 0.05) is 36.0 Å². The molecule has 5 rings (SSSR count). The summed E-state index contributed by atoms with van der Waals surface area (Å²) in [6, 6.07) is 3.65. The molecular formula is C22H32N8O3S. The smallest absolute Gasteiger partial charge is 0.315 e. The number of aromatic nitrogens is 4. The number of nitrogens with one attached hydrogen (secondary N) is 5. The summed E-state index contributed by atoms with van der Waals surface area (Å²) in [5, 5.41) is 19.9. The van der Waals surface area contributed by atoms with Gasteiger partial charge in [0.1, 0.15) is 5.82 Å². The number of sulfone groups is 1. The minimum atomic E-state index is -2.94. The van der Waals surface area contributed by atoms with Crippen molar-refractivity contribution in [2.75, 3.05) is 22.1 Å². The van der Waals surface area contributed by atoms with Gasteiger partial charge in [0.25, 0.3) is 0 Å². The Morgan fingerprint density at radius 3 is 2.38 bits per heavy atom. The van der Waals surface area contributed by atoms with Crippen molar-refractivity contribution in [1.29, 1.82) is 0 Å². The number of aromatic amines is 1. The molecule has 0 atom stereocenters. The van der Waals surface area contributed by atoms with E-state index in [0.29, 0.717) is 17.7 Å². The van der Waals surface area contributed by atoms with Gasteiger partial charge in [0.05, 0.1) is 17.5 Å². The first-order chi connectivity index (χ1) is 16.4. The van der Waals surface area contributed by atoms with E-state index in [1.165, 1.54) is 31.4 Å². The van der Waals surface area contributed by atoms with Crippen LogP contribution in [0.2, 0.25) is 0 Å². The number of nitrogens with zero attached hydrogens (tertiary/aromatic N) is 3. The number of amides is 2. The molecule has 0 bridgehead atoms. The van der Waals surface area contributed by atoms with Gasteiger partial charge in [-0.2, -0.15) is 10.1 Å². The van der Waals surface area contributed by atoms with Crippen LogP contribution < -0.4 is 21.3 Å². The van der Waals surface area contributed by atoms with E-state index in [1.807, 2.05) is 6.07 Å². The van der Waals surface area contributed by atoms with Crippen molar-refractivity contribution in [3.05, 3.63) is 24.0 Å². The molecule has 3 heterocycles. The maximum Gasteiger partial charge on any atom is 0.315 e. The number of H-pyrrole nitrogens is 1. The van der Waals surface area contributed by atoms with E-state index >= 15 is 0 Å². The first kappa shape index (κ1) is 22.9. The number of carbonyl (C=O) groups is 1. The third kappa shape index (κ3) is 5.78. The Bertz CT molecular complexity index is 1090. The van der Waals surface area contributed by atoms with E-state index in [1.54, 1.807) is 6.20 Å². The second-order valence-electron chi connectivity index (χ2n) is 9.66. The molecule has 2 saturated carbocycles. The summed E-state index contributed by atoms with van der Waals surface area (Å²) in [5.41, 5.74) is 1.18. The van der Waals surface area contributed by atoms with Crippen LogP contribution in [0.25, 0.3) is 0 Å². The normalized spacial score (nSPS) is 24.8. The number of carbonyl (C=O) groups excluding carboxylic acids is 1. The molecular weight excluding hydrogens is 456 g/mol. The number of urea groups is 1. The van der Waals surface area contributed by atoms with Crippen LogP contribution in [0.15, 0.2) is 18.3 Å². The fourth-order valence-corrected chi connectivity index (χ4v) is 6.40. The maximum atomic E-state index is 12.1. The van der Waals surface area contributed by atoms with Crippen molar-refractivity contribution in [2.45, 2.75) is 75.4 Å². The van der Waals surface area contributed by atoms with E-state index in [9.17, 15) is 13.2 Å². The van der Waals surface area contributed by atoms with Crippen LogP contribution in [-0.4, -0.2) is 64.2 Å². The average Bonchev–Trinajstić information content (AvgIpc) is 3.46. The first-order valence-electron chi connectivity index (χ1n) is 12.1. The second-order valence-corrected chi connectivity index (χ2v) is 11.8. The lowest BCUT2D eigenvalue weighted by atomic mass is 9.91. The molecule has 0 radical (unpaired) electrons. The molecule has 2 amide bonds. The highest BCUT2D eigenvalue weighted by atomic mass is 32.2. The molecule has 1 aliphatic heterocycles. The molecule has 0 unspecified atom stereocenters. The Hall–Kier alpha value is -2.89. The summed E-state index contributed by atoms with van der Waals surface area (Å²) >= 11 is 0.